The van der Waals surface area contributed by atoms with Gasteiger partial charge in [0.2, 0.25) is 0 Å². The van der Waals surface area contributed by atoms with Crippen molar-refractivity contribution >= 4 is 30.8 Å². The maximum absolute atomic E-state index is 4.39. The summed E-state index contributed by atoms with van der Waals surface area (Å²) in [5.74, 6) is 0. The number of hydrogen-bond acceptors (Lipinski definition) is 2. The second kappa shape index (κ2) is 4.28. The third-order valence-corrected chi connectivity index (χ3v) is 2.96. The molecule has 0 aliphatic heterocycles. The van der Waals surface area contributed by atoms with Crippen LogP contribution in [0.1, 0.15) is 12.0 Å². The van der Waals surface area contributed by atoms with Crippen LogP contribution in [-0.2, 0) is 0 Å². The Balaban J connectivity index is 2.24. The van der Waals surface area contributed by atoms with E-state index in [2.05, 4.69) is 55.6 Å². The number of thiol groups is 2. The summed E-state index contributed by atoms with van der Waals surface area (Å²) in [6.45, 7) is 0. The Morgan fingerprint density at radius 1 is 1.14 bits per heavy atom. The SMILES string of the molecule is Sc1ccc(C2=CCC(S)C=C2)cc1. The largest absolute Gasteiger partial charge is 0.171 e. The first-order valence-corrected chi connectivity index (χ1v) is 5.58. The summed E-state index contributed by atoms with van der Waals surface area (Å²) in [4.78, 5) is 1.00. The number of benzene rings is 1. The Kier molecular flexibility index (Phi) is 3.04. The van der Waals surface area contributed by atoms with Crippen molar-refractivity contribution in [3.63, 3.8) is 0 Å². The van der Waals surface area contributed by atoms with Crippen molar-refractivity contribution in [3.05, 3.63) is 48.1 Å². The van der Waals surface area contributed by atoms with Gasteiger partial charge in [-0.15, -0.1) is 12.6 Å². The smallest absolute Gasteiger partial charge is 0.0234 e. The summed E-state index contributed by atoms with van der Waals surface area (Å²) in [6.07, 6.45) is 7.50. The minimum atomic E-state index is 0.378. The summed E-state index contributed by atoms with van der Waals surface area (Å²) >= 11 is 8.65. The van der Waals surface area contributed by atoms with Gasteiger partial charge in [-0.1, -0.05) is 30.4 Å². The zero-order valence-electron chi connectivity index (χ0n) is 7.72. The van der Waals surface area contributed by atoms with E-state index < -0.39 is 0 Å². The van der Waals surface area contributed by atoms with Crippen molar-refractivity contribution in [3.8, 4) is 0 Å². The van der Waals surface area contributed by atoms with Gasteiger partial charge >= 0.3 is 0 Å². The lowest BCUT2D eigenvalue weighted by Crippen LogP contribution is -1.96. The molecule has 0 nitrogen and oxygen atoms in total. The molecule has 1 unspecified atom stereocenters. The third-order valence-electron chi connectivity index (χ3n) is 2.28. The van der Waals surface area contributed by atoms with E-state index in [9.17, 15) is 0 Å². The number of rotatable bonds is 1. The van der Waals surface area contributed by atoms with E-state index in [0.29, 0.717) is 5.25 Å². The van der Waals surface area contributed by atoms with Gasteiger partial charge in [-0.25, -0.2) is 0 Å². The van der Waals surface area contributed by atoms with Crippen LogP contribution in [0.25, 0.3) is 5.57 Å². The molecule has 1 aliphatic carbocycles. The fraction of sp³-hybridized carbons (Fsp3) is 0.167. The summed E-state index contributed by atoms with van der Waals surface area (Å²) in [7, 11) is 0. The van der Waals surface area contributed by atoms with Crippen molar-refractivity contribution in [2.24, 2.45) is 0 Å². The molecule has 1 aromatic rings. The molecule has 1 aromatic carbocycles. The van der Waals surface area contributed by atoms with Gasteiger partial charge in [0, 0.05) is 10.1 Å². The van der Waals surface area contributed by atoms with Gasteiger partial charge in [-0.3, -0.25) is 0 Å². The highest BCUT2D eigenvalue weighted by Gasteiger charge is 2.05. The van der Waals surface area contributed by atoms with Crippen LogP contribution in [0.4, 0.5) is 0 Å². The minimum Gasteiger partial charge on any atom is -0.171 e. The molecule has 1 atom stereocenters. The predicted molar refractivity (Wildman–Crippen MR) is 68.2 cm³/mol. The molecule has 2 heteroatoms. The first-order chi connectivity index (χ1) is 6.75. The van der Waals surface area contributed by atoms with E-state index in [4.69, 9.17) is 0 Å². The lowest BCUT2D eigenvalue weighted by molar-refractivity contribution is 1.07. The fourth-order valence-electron chi connectivity index (χ4n) is 1.48. The summed E-state index contributed by atoms with van der Waals surface area (Å²) < 4.78 is 0. The first-order valence-electron chi connectivity index (χ1n) is 4.61. The van der Waals surface area contributed by atoms with E-state index in [-0.39, 0.29) is 0 Å². The number of hydrogen-bond donors (Lipinski definition) is 2. The van der Waals surface area contributed by atoms with Gasteiger partial charge in [-0.05, 0) is 29.7 Å². The molecular weight excluding hydrogens is 208 g/mol. The molecule has 1 aliphatic rings. The van der Waals surface area contributed by atoms with Crippen LogP contribution >= 0.6 is 25.3 Å². The molecule has 0 amide bonds. The van der Waals surface area contributed by atoms with Crippen molar-refractivity contribution in [2.75, 3.05) is 0 Å². The first kappa shape index (κ1) is 9.94. The standard InChI is InChI=1S/C12H12S2/c13-11-5-1-9(2-6-11)10-3-7-12(14)8-4-10/h1-7,12-14H,8H2. The van der Waals surface area contributed by atoms with Gasteiger partial charge in [0.1, 0.15) is 0 Å². The lowest BCUT2D eigenvalue weighted by Gasteiger charge is -2.11. The molecule has 0 spiro atoms. The zero-order valence-corrected chi connectivity index (χ0v) is 9.51. The Hall–Kier alpha value is -0.600. The van der Waals surface area contributed by atoms with Gasteiger partial charge in [0.05, 0.1) is 0 Å². The zero-order chi connectivity index (χ0) is 9.97. The van der Waals surface area contributed by atoms with Crippen LogP contribution in [0, 0.1) is 0 Å². The summed E-state index contributed by atoms with van der Waals surface area (Å²) in [5.41, 5.74) is 2.53. The summed E-state index contributed by atoms with van der Waals surface area (Å²) in [6, 6.07) is 8.22. The van der Waals surface area contributed by atoms with Gasteiger partial charge in [0.15, 0.2) is 0 Å². The molecule has 72 valence electrons. The fourth-order valence-corrected chi connectivity index (χ4v) is 1.82. The molecule has 0 heterocycles. The molecule has 2 rings (SSSR count). The Morgan fingerprint density at radius 3 is 2.43 bits per heavy atom. The predicted octanol–water partition coefficient (Wildman–Crippen LogP) is 3.62. The summed E-state index contributed by atoms with van der Waals surface area (Å²) in [5, 5.41) is 0.378. The molecule has 0 saturated heterocycles. The molecule has 0 bridgehead atoms. The quantitative estimate of drug-likeness (QED) is 0.664. The molecule has 0 radical (unpaired) electrons. The van der Waals surface area contributed by atoms with Crippen molar-refractivity contribution in [1.29, 1.82) is 0 Å². The van der Waals surface area contributed by atoms with Gasteiger partial charge in [-0.2, -0.15) is 12.6 Å². The van der Waals surface area contributed by atoms with Crippen LogP contribution < -0.4 is 0 Å². The van der Waals surface area contributed by atoms with E-state index in [1.54, 1.807) is 0 Å². The van der Waals surface area contributed by atoms with Crippen LogP contribution in [-0.4, -0.2) is 5.25 Å². The van der Waals surface area contributed by atoms with Crippen LogP contribution in [0.15, 0.2) is 47.4 Å². The van der Waals surface area contributed by atoms with Gasteiger partial charge in [0.25, 0.3) is 0 Å². The maximum Gasteiger partial charge on any atom is 0.0234 e. The van der Waals surface area contributed by atoms with E-state index in [1.807, 2.05) is 12.1 Å². The van der Waals surface area contributed by atoms with Gasteiger partial charge < -0.3 is 0 Å². The second-order valence-corrected chi connectivity index (χ2v) is 4.55. The molecule has 0 fully saturated rings. The Morgan fingerprint density at radius 2 is 1.86 bits per heavy atom. The minimum absolute atomic E-state index is 0.378. The highest BCUT2D eigenvalue weighted by molar-refractivity contribution is 7.81. The van der Waals surface area contributed by atoms with Crippen molar-refractivity contribution in [1.82, 2.24) is 0 Å². The van der Waals surface area contributed by atoms with Crippen LogP contribution in [0.5, 0.6) is 0 Å². The monoisotopic (exact) mass is 220 g/mol. The highest BCUT2D eigenvalue weighted by atomic mass is 32.1. The van der Waals surface area contributed by atoms with E-state index in [1.165, 1.54) is 11.1 Å². The molecular formula is C12H12S2. The number of allylic oxidation sites excluding steroid dienone is 3. The normalized spacial score (nSPS) is 20.7. The highest BCUT2D eigenvalue weighted by Crippen LogP contribution is 2.24. The lowest BCUT2D eigenvalue weighted by atomic mass is 10.00. The van der Waals surface area contributed by atoms with Crippen LogP contribution in [0.3, 0.4) is 0 Å². The van der Waals surface area contributed by atoms with Crippen molar-refractivity contribution < 1.29 is 0 Å². The van der Waals surface area contributed by atoms with E-state index >= 15 is 0 Å². The second-order valence-electron chi connectivity index (χ2n) is 3.37. The van der Waals surface area contributed by atoms with Crippen molar-refractivity contribution in [2.45, 2.75) is 16.6 Å². The molecule has 0 aromatic heterocycles. The third kappa shape index (κ3) is 2.25. The average molecular weight is 220 g/mol. The molecule has 14 heavy (non-hydrogen) atoms. The molecule has 0 N–H and O–H groups in total. The Labute approximate surface area is 95.5 Å². The topological polar surface area (TPSA) is 0 Å². The van der Waals surface area contributed by atoms with E-state index in [0.717, 1.165) is 11.3 Å². The maximum atomic E-state index is 4.39. The van der Waals surface area contributed by atoms with Crippen LogP contribution in [0.2, 0.25) is 0 Å². The Bertz CT molecular complexity index is 374. The average Bonchev–Trinajstić information content (AvgIpc) is 2.21. The molecule has 0 saturated carbocycles.